The van der Waals surface area contributed by atoms with E-state index in [0.717, 1.165) is 38.9 Å². The summed E-state index contributed by atoms with van der Waals surface area (Å²) in [5.74, 6) is 0.110. The molecule has 1 saturated carbocycles. The third kappa shape index (κ3) is 4.05. The lowest BCUT2D eigenvalue weighted by Crippen LogP contribution is -2.44. The molecule has 1 saturated heterocycles. The number of hydrogen-bond acceptors (Lipinski definition) is 4. The zero-order chi connectivity index (χ0) is 14.5. The Morgan fingerprint density at radius 3 is 2.81 bits per heavy atom. The summed E-state index contributed by atoms with van der Waals surface area (Å²) in [6.07, 6.45) is 3.14. The fourth-order valence-electron chi connectivity index (χ4n) is 2.80. The maximum atomic E-state index is 11.7. The molecule has 114 valence electrons. The van der Waals surface area contributed by atoms with Crippen LogP contribution in [0.2, 0.25) is 0 Å². The maximum absolute atomic E-state index is 11.7. The Morgan fingerprint density at radius 2 is 2.10 bits per heavy atom. The van der Waals surface area contributed by atoms with Gasteiger partial charge in [0.05, 0.1) is 12.5 Å². The third-order valence-corrected chi connectivity index (χ3v) is 4.32. The van der Waals surface area contributed by atoms with E-state index in [1.807, 2.05) is 6.07 Å². The Kier molecular flexibility index (Phi) is 4.88. The highest BCUT2D eigenvalue weighted by Gasteiger charge is 2.28. The summed E-state index contributed by atoms with van der Waals surface area (Å²) in [5, 5.41) is 0. The summed E-state index contributed by atoms with van der Waals surface area (Å²) in [6.45, 7) is 3.78. The maximum Gasteiger partial charge on any atom is 0.309 e. The van der Waals surface area contributed by atoms with Crippen molar-refractivity contribution in [3.05, 3.63) is 35.9 Å². The molecule has 0 radical (unpaired) electrons. The van der Waals surface area contributed by atoms with E-state index in [-0.39, 0.29) is 18.0 Å². The first-order chi connectivity index (χ1) is 10.3. The number of rotatable bonds is 5. The number of carbonyl (C=O) groups is 1. The van der Waals surface area contributed by atoms with Gasteiger partial charge in [0.15, 0.2) is 0 Å². The van der Waals surface area contributed by atoms with Gasteiger partial charge in [-0.05, 0) is 18.4 Å². The van der Waals surface area contributed by atoms with Crippen LogP contribution in [0.25, 0.3) is 0 Å². The van der Waals surface area contributed by atoms with Gasteiger partial charge in [-0.15, -0.1) is 0 Å². The molecule has 4 heteroatoms. The molecule has 0 amide bonds. The van der Waals surface area contributed by atoms with Crippen molar-refractivity contribution < 1.29 is 14.3 Å². The highest BCUT2D eigenvalue weighted by atomic mass is 16.6. The number of ether oxygens (including phenoxy) is 2. The molecule has 1 heterocycles. The van der Waals surface area contributed by atoms with Crippen LogP contribution >= 0.6 is 0 Å². The summed E-state index contributed by atoms with van der Waals surface area (Å²) in [5.41, 5.74) is 1.31. The number of carbonyl (C=O) groups excluding carboxylic acids is 1. The van der Waals surface area contributed by atoms with E-state index in [1.54, 1.807) is 0 Å². The van der Waals surface area contributed by atoms with E-state index < -0.39 is 0 Å². The van der Waals surface area contributed by atoms with E-state index in [0.29, 0.717) is 13.2 Å². The van der Waals surface area contributed by atoms with Crippen molar-refractivity contribution in [1.82, 2.24) is 4.90 Å². The standard InChI is InChI=1S/C17H23NO3/c19-17(15-7-4-8-15)21-13-16-12-18(9-10-20-16)11-14-5-2-1-3-6-14/h1-3,5-6,15-16H,4,7-13H2. The van der Waals surface area contributed by atoms with Crippen LogP contribution in [0.15, 0.2) is 30.3 Å². The van der Waals surface area contributed by atoms with Crippen molar-refractivity contribution in [2.24, 2.45) is 5.92 Å². The van der Waals surface area contributed by atoms with Crippen molar-refractivity contribution in [3.8, 4) is 0 Å². The lowest BCUT2D eigenvalue weighted by Gasteiger charge is -2.33. The number of benzene rings is 1. The van der Waals surface area contributed by atoms with Crippen LogP contribution < -0.4 is 0 Å². The molecule has 0 N–H and O–H groups in total. The van der Waals surface area contributed by atoms with Gasteiger partial charge in [-0.25, -0.2) is 0 Å². The number of morpholine rings is 1. The smallest absolute Gasteiger partial charge is 0.309 e. The molecule has 1 atom stereocenters. The Balaban J connectivity index is 1.43. The van der Waals surface area contributed by atoms with Crippen LogP contribution in [0.5, 0.6) is 0 Å². The van der Waals surface area contributed by atoms with Gasteiger partial charge in [-0.2, -0.15) is 0 Å². The molecule has 2 aliphatic rings. The van der Waals surface area contributed by atoms with Gasteiger partial charge in [0, 0.05) is 19.6 Å². The molecule has 0 aromatic heterocycles. The van der Waals surface area contributed by atoms with E-state index in [4.69, 9.17) is 9.47 Å². The molecule has 0 spiro atoms. The quantitative estimate of drug-likeness (QED) is 0.779. The second-order valence-corrected chi connectivity index (χ2v) is 5.97. The fraction of sp³-hybridized carbons (Fsp3) is 0.588. The van der Waals surface area contributed by atoms with Crippen LogP contribution in [0.3, 0.4) is 0 Å². The van der Waals surface area contributed by atoms with E-state index in [1.165, 1.54) is 5.56 Å². The third-order valence-electron chi connectivity index (χ3n) is 4.32. The summed E-state index contributed by atoms with van der Waals surface area (Å²) >= 11 is 0. The highest BCUT2D eigenvalue weighted by Crippen LogP contribution is 2.27. The number of hydrogen-bond donors (Lipinski definition) is 0. The SMILES string of the molecule is O=C(OCC1CN(Cc2ccccc2)CCO1)C1CCC1. The van der Waals surface area contributed by atoms with Crippen molar-refractivity contribution in [3.63, 3.8) is 0 Å². The van der Waals surface area contributed by atoms with E-state index in [2.05, 4.69) is 29.2 Å². The van der Waals surface area contributed by atoms with Crippen LogP contribution in [-0.2, 0) is 20.8 Å². The van der Waals surface area contributed by atoms with Crippen LogP contribution in [0.1, 0.15) is 24.8 Å². The predicted molar refractivity (Wildman–Crippen MR) is 79.8 cm³/mol. The van der Waals surface area contributed by atoms with E-state index >= 15 is 0 Å². The van der Waals surface area contributed by atoms with Crippen molar-refractivity contribution in [1.29, 1.82) is 0 Å². The van der Waals surface area contributed by atoms with Crippen LogP contribution in [0, 0.1) is 5.92 Å². The zero-order valence-electron chi connectivity index (χ0n) is 12.4. The lowest BCUT2D eigenvalue weighted by molar-refractivity contribution is -0.158. The summed E-state index contributed by atoms with van der Waals surface area (Å²) in [4.78, 5) is 14.1. The van der Waals surface area contributed by atoms with Gasteiger partial charge in [0.2, 0.25) is 0 Å². The average molecular weight is 289 g/mol. The molecule has 3 rings (SSSR count). The van der Waals surface area contributed by atoms with Crippen molar-refractivity contribution >= 4 is 5.97 Å². The van der Waals surface area contributed by atoms with Gasteiger partial charge >= 0.3 is 5.97 Å². The molecule has 21 heavy (non-hydrogen) atoms. The Morgan fingerprint density at radius 1 is 1.29 bits per heavy atom. The normalized spacial score (nSPS) is 23.5. The topological polar surface area (TPSA) is 38.8 Å². The predicted octanol–water partition coefficient (Wildman–Crippen LogP) is 2.23. The van der Waals surface area contributed by atoms with Crippen molar-refractivity contribution in [2.45, 2.75) is 31.9 Å². The first-order valence-electron chi connectivity index (χ1n) is 7.86. The van der Waals surface area contributed by atoms with Gasteiger partial charge in [-0.1, -0.05) is 36.8 Å². The zero-order valence-corrected chi connectivity index (χ0v) is 12.4. The van der Waals surface area contributed by atoms with E-state index in [9.17, 15) is 4.79 Å². The highest BCUT2D eigenvalue weighted by molar-refractivity contribution is 5.73. The largest absolute Gasteiger partial charge is 0.463 e. The Hall–Kier alpha value is -1.39. The minimum Gasteiger partial charge on any atom is -0.463 e. The first-order valence-corrected chi connectivity index (χ1v) is 7.86. The molecule has 1 aliphatic carbocycles. The van der Waals surface area contributed by atoms with Gasteiger partial charge in [0.1, 0.15) is 12.7 Å². The molecular weight excluding hydrogens is 266 g/mol. The summed E-state index contributed by atoms with van der Waals surface area (Å²) < 4.78 is 11.1. The Bertz CT molecular complexity index is 458. The molecule has 1 aromatic carbocycles. The first kappa shape index (κ1) is 14.5. The average Bonchev–Trinajstić information content (AvgIpc) is 2.45. The Labute approximate surface area is 126 Å². The molecule has 1 aliphatic heterocycles. The summed E-state index contributed by atoms with van der Waals surface area (Å²) in [7, 11) is 0. The molecule has 1 unspecified atom stereocenters. The van der Waals surface area contributed by atoms with Crippen molar-refractivity contribution in [2.75, 3.05) is 26.3 Å². The second-order valence-electron chi connectivity index (χ2n) is 5.97. The molecule has 1 aromatic rings. The fourth-order valence-corrected chi connectivity index (χ4v) is 2.80. The minimum absolute atomic E-state index is 0.00601. The second kappa shape index (κ2) is 7.05. The molecule has 4 nitrogen and oxygen atoms in total. The molecule has 0 bridgehead atoms. The summed E-state index contributed by atoms with van der Waals surface area (Å²) in [6, 6.07) is 10.4. The lowest BCUT2D eigenvalue weighted by atomic mass is 9.86. The van der Waals surface area contributed by atoms with Gasteiger partial charge in [-0.3, -0.25) is 9.69 Å². The molecular formula is C17H23NO3. The number of nitrogens with zero attached hydrogens (tertiary/aromatic N) is 1. The van der Waals surface area contributed by atoms with Gasteiger partial charge in [0.25, 0.3) is 0 Å². The minimum atomic E-state index is -0.0370. The molecule has 2 fully saturated rings. The van der Waals surface area contributed by atoms with Crippen LogP contribution in [-0.4, -0.2) is 43.3 Å². The monoisotopic (exact) mass is 289 g/mol. The van der Waals surface area contributed by atoms with Gasteiger partial charge < -0.3 is 9.47 Å². The van der Waals surface area contributed by atoms with Crippen LogP contribution in [0.4, 0.5) is 0 Å². The number of esters is 1.